The molecule has 0 fully saturated rings. The van der Waals surface area contributed by atoms with Crippen molar-refractivity contribution >= 4 is 5.96 Å². The third kappa shape index (κ3) is 5.59. The fraction of sp³-hybridized carbons (Fsp3) is 0.526. The monoisotopic (exact) mass is 343 g/mol. The molecule has 6 heteroatoms. The van der Waals surface area contributed by atoms with E-state index in [0.29, 0.717) is 18.9 Å². The van der Waals surface area contributed by atoms with Crippen LogP contribution in [0.5, 0.6) is 0 Å². The Bertz CT molecular complexity index is 693. The van der Waals surface area contributed by atoms with Crippen molar-refractivity contribution in [3.05, 3.63) is 47.1 Å². The van der Waals surface area contributed by atoms with Gasteiger partial charge in [-0.15, -0.1) is 0 Å². The summed E-state index contributed by atoms with van der Waals surface area (Å²) in [5.41, 5.74) is 2.54. The van der Waals surface area contributed by atoms with Crippen molar-refractivity contribution in [1.82, 2.24) is 20.8 Å². The average molecular weight is 343 g/mol. The van der Waals surface area contributed by atoms with E-state index in [4.69, 9.17) is 4.52 Å². The maximum atomic E-state index is 5.26. The molecule has 136 valence electrons. The molecule has 1 aromatic carbocycles. The first-order valence-electron chi connectivity index (χ1n) is 8.94. The zero-order valence-corrected chi connectivity index (χ0v) is 15.8. The summed E-state index contributed by atoms with van der Waals surface area (Å²) in [5, 5.41) is 10.7. The van der Waals surface area contributed by atoms with E-state index in [1.807, 2.05) is 13.8 Å². The predicted molar refractivity (Wildman–Crippen MR) is 101 cm³/mol. The highest BCUT2D eigenvalue weighted by Crippen LogP contribution is 2.16. The number of aromatic nitrogens is 2. The lowest BCUT2D eigenvalue weighted by atomic mass is 10.0. The normalized spacial score (nSPS) is 13.1. The first kappa shape index (κ1) is 19.0. The number of aliphatic imine (C=N–C) groups is 1. The molecule has 0 aliphatic heterocycles. The topological polar surface area (TPSA) is 75.3 Å². The van der Waals surface area contributed by atoms with Crippen LogP contribution >= 0.6 is 0 Å². The Kier molecular flexibility index (Phi) is 6.98. The zero-order valence-electron chi connectivity index (χ0n) is 15.8. The molecule has 0 saturated carbocycles. The van der Waals surface area contributed by atoms with Crippen LogP contribution in [-0.2, 0) is 6.42 Å². The molecule has 0 spiro atoms. The highest BCUT2D eigenvalue weighted by Gasteiger charge is 2.11. The molecule has 1 aromatic heterocycles. The second kappa shape index (κ2) is 9.20. The molecular formula is C19H29N5O. The van der Waals surface area contributed by atoms with Gasteiger partial charge in [-0.05, 0) is 31.9 Å². The van der Waals surface area contributed by atoms with Gasteiger partial charge in [0, 0.05) is 18.9 Å². The third-order valence-electron chi connectivity index (χ3n) is 3.95. The number of aryl methyl sites for hydroxylation is 1. The molecule has 1 unspecified atom stereocenters. The third-order valence-corrected chi connectivity index (χ3v) is 3.95. The summed E-state index contributed by atoms with van der Waals surface area (Å²) in [5.74, 6) is 2.45. The number of guanidine groups is 1. The quantitative estimate of drug-likeness (QED) is 0.595. The highest BCUT2D eigenvalue weighted by molar-refractivity contribution is 5.80. The van der Waals surface area contributed by atoms with Gasteiger partial charge in [0.1, 0.15) is 0 Å². The van der Waals surface area contributed by atoms with Crippen LogP contribution in [0.2, 0.25) is 0 Å². The standard InChI is InChI=1S/C19H29N5O/c1-6-20-19(22-15(5)16-10-8-7-9-14(16)4)21-12-11-17-23-18(13(2)3)24-25-17/h7-10,13,15H,6,11-12H2,1-5H3,(H2,20,21,22). The average Bonchev–Trinajstić information content (AvgIpc) is 3.04. The fourth-order valence-corrected chi connectivity index (χ4v) is 2.54. The summed E-state index contributed by atoms with van der Waals surface area (Å²) in [7, 11) is 0. The van der Waals surface area contributed by atoms with E-state index in [9.17, 15) is 0 Å². The van der Waals surface area contributed by atoms with Crippen molar-refractivity contribution in [2.75, 3.05) is 13.1 Å². The minimum absolute atomic E-state index is 0.176. The van der Waals surface area contributed by atoms with Crippen molar-refractivity contribution in [3.63, 3.8) is 0 Å². The molecule has 0 radical (unpaired) electrons. The van der Waals surface area contributed by atoms with Gasteiger partial charge in [0.05, 0.1) is 12.6 Å². The van der Waals surface area contributed by atoms with E-state index in [-0.39, 0.29) is 12.0 Å². The van der Waals surface area contributed by atoms with Gasteiger partial charge < -0.3 is 15.2 Å². The summed E-state index contributed by atoms with van der Waals surface area (Å²) in [6.07, 6.45) is 0.634. The van der Waals surface area contributed by atoms with Crippen molar-refractivity contribution in [2.24, 2.45) is 4.99 Å². The van der Waals surface area contributed by atoms with E-state index in [1.165, 1.54) is 11.1 Å². The van der Waals surface area contributed by atoms with Gasteiger partial charge in [0.15, 0.2) is 11.8 Å². The van der Waals surface area contributed by atoms with Crippen molar-refractivity contribution in [1.29, 1.82) is 0 Å². The summed E-state index contributed by atoms with van der Waals surface area (Å²) >= 11 is 0. The van der Waals surface area contributed by atoms with Gasteiger partial charge in [-0.2, -0.15) is 4.98 Å². The lowest BCUT2D eigenvalue weighted by Crippen LogP contribution is -2.39. The van der Waals surface area contributed by atoms with Crippen molar-refractivity contribution < 1.29 is 4.52 Å². The smallest absolute Gasteiger partial charge is 0.228 e. The number of rotatable bonds is 7. The molecule has 0 bridgehead atoms. The summed E-state index contributed by atoms with van der Waals surface area (Å²) in [6, 6.07) is 8.56. The van der Waals surface area contributed by atoms with Gasteiger partial charge >= 0.3 is 0 Å². The van der Waals surface area contributed by atoms with Crippen LogP contribution in [-0.4, -0.2) is 29.2 Å². The zero-order chi connectivity index (χ0) is 18.2. The molecule has 6 nitrogen and oxygen atoms in total. The highest BCUT2D eigenvalue weighted by atomic mass is 16.5. The van der Waals surface area contributed by atoms with Gasteiger partial charge in [-0.25, -0.2) is 0 Å². The van der Waals surface area contributed by atoms with Gasteiger partial charge in [0.25, 0.3) is 0 Å². The lowest BCUT2D eigenvalue weighted by molar-refractivity contribution is 0.372. The molecule has 0 aliphatic carbocycles. The van der Waals surface area contributed by atoms with E-state index < -0.39 is 0 Å². The maximum absolute atomic E-state index is 5.26. The lowest BCUT2D eigenvalue weighted by Gasteiger charge is -2.19. The van der Waals surface area contributed by atoms with Crippen LogP contribution in [0.15, 0.2) is 33.8 Å². The van der Waals surface area contributed by atoms with Crippen LogP contribution in [0.1, 0.15) is 62.5 Å². The van der Waals surface area contributed by atoms with E-state index in [1.54, 1.807) is 0 Å². The van der Waals surface area contributed by atoms with Crippen LogP contribution in [0.4, 0.5) is 0 Å². The molecule has 25 heavy (non-hydrogen) atoms. The number of hydrogen-bond donors (Lipinski definition) is 2. The van der Waals surface area contributed by atoms with Crippen LogP contribution < -0.4 is 10.6 Å². The first-order chi connectivity index (χ1) is 12.0. The Morgan fingerprint density at radius 1 is 1.24 bits per heavy atom. The molecular weight excluding hydrogens is 314 g/mol. The first-order valence-corrected chi connectivity index (χ1v) is 8.94. The Morgan fingerprint density at radius 2 is 2.00 bits per heavy atom. The van der Waals surface area contributed by atoms with E-state index in [0.717, 1.165) is 18.3 Å². The number of benzene rings is 1. The Balaban J connectivity index is 1.96. The fourth-order valence-electron chi connectivity index (χ4n) is 2.54. The molecule has 0 saturated heterocycles. The number of nitrogens with one attached hydrogen (secondary N) is 2. The molecule has 1 heterocycles. The Hall–Kier alpha value is -2.37. The second-order valence-corrected chi connectivity index (χ2v) is 6.43. The van der Waals surface area contributed by atoms with Gasteiger partial charge in [0.2, 0.25) is 5.89 Å². The van der Waals surface area contributed by atoms with Crippen molar-refractivity contribution in [2.45, 2.75) is 53.0 Å². The van der Waals surface area contributed by atoms with Crippen molar-refractivity contribution in [3.8, 4) is 0 Å². The molecule has 2 aromatic rings. The Morgan fingerprint density at radius 3 is 2.64 bits per heavy atom. The largest absolute Gasteiger partial charge is 0.357 e. The molecule has 0 aliphatic rings. The van der Waals surface area contributed by atoms with Crippen LogP contribution in [0.25, 0.3) is 0 Å². The van der Waals surface area contributed by atoms with Gasteiger partial charge in [-0.1, -0.05) is 43.3 Å². The maximum Gasteiger partial charge on any atom is 0.228 e. The number of hydrogen-bond acceptors (Lipinski definition) is 4. The SMILES string of the molecule is CCNC(=NCCc1nc(C(C)C)no1)NC(C)c1ccccc1C. The summed E-state index contributed by atoms with van der Waals surface area (Å²) in [4.78, 5) is 9.01. The van der Waals surface area contributed by atoms with Gasteiger partial charge in [-0.3, -0.25) is 4.99 Å². The molecule has 2 N–H and O–H groups in total. The van der Waals surface area contributed by atoms with Crippen LogP contribution in [0, 0.1) is 6.92 Å². The van der Waals surface area contributed by atoms with E-state index in [2.05, 4.69) is 70.8 Å². The van der Waals surface area contributed by atoms with Crippen LogP contribution in [0.3, 0.4) is 0 Å². The summed E-state index contributed by atoms with van der Waals surface area (Å²) < 4.78 is 5.26. The van der Waals surface area contributed by atoms with E-state index >= 15 is 0 Å². The molecule has 0 amide bonds. The minimum Gasteiger partial charge on any atom is -0.357 e. The minimum atomic E-state index is 0.176. The molecule has 1 atom stereocenters. The molecule has 2 rings (SSSR count). The Labute approximate surface area is 150 Å². The predicted octanol–water partition coefficient (Wildman–Crippen LogP) is 3.36. The second-order valence-electron chi connectivity index (χ2n) is 6.43. The number of nitrogens with zero attached hydrogens (tertiary/aromatic N) is 3. The summed E-state index contributed by atoms with van der Waals surface area (Å²) in [6.45, 7) is 11.8.